The van der Waals surface area contributed by atoms with Crippen LogP contribution in [0, 0.1) is 17.6 Å². The van der Waals surface area contributed by atoms with E-state index in [0.717, 1.165) is 12.1 Å². The third-order valence-electron chi connectivity index (χ3n) is 2.88. The van der Waals surface area contributed by atoms with Crippen LogP contribution in [0.5, 0.6) is 0 Å². The van der Waals surface area contributed by atoms with Gasteiger partial charge in [0.05, 0.1) is 13.5 Å². The van der Waals surface area contributed by atoms with Crippen LogP contribution in [0.1, 0.15) is 25.8 Å². The molecule has 1 N–H and O–H groups in total. The summed E-state index contributed by atoms with van der Waals surface area (Å²) in [7, 11) is 1.25. The van der Waals surface area contributed by atoms with E-state index in [9.17, 15) is 18.4 Å². The number of rotatable bonds is 6. The Bertz CT molecular complexity index is 518. The summed E-state index contributed by atoms with van der Waals surface area (Å²) in [6.45, 7) is 3.83. The molecular formula is C15H19F2NO3. The van der Waals surface area contributed by atoms with Crippen molar-refractivity contribution in [1.82, 2.24) is 5.32 Å². The van der Waals surface area contributed by atoms with Crippen LogP contribution in [0.2, 0.25) is 0 Å². The predicted molar refractivity (Wildman–Crippen MR) is 73.5 cm³/mol. The average Bonchev–Trinajstić information content (AvgIpc) is 2.40. The first-order valence-electron chi connectivity index (χ1n) is 6.64. The molecule has 6 heteroatoms. The maximum atomic E-state index is 13.1. The van der Waals surface area contributed by atoms with Gasteiger partial charge in [0.2, 0.25) is 5.91 Å². The number of methoxy groups -OCH3 is 1. The maximum Gasteiger partial charge on any atom is 0.328 e. The minimum Gasteiger partial charge on any atom is -0.467 e. The molecule has 21 heavy (non-hydrogen) atoms. The second-order valence-corrected chi connectivity index (χ2v) is 5.20. The highest BCUT2D eigenvalue weighted by Gasteiger charge is 2.22. The van der Waals surface area contributed by atoms with Crippen molar-refractivity contribution >= 4 is 11.9 Å². The molecule has 0 bridgehead atoms. The lowest BCUT2D eigenvalue weighted by atomic mass is 10.0. The monoisotopic (exact) mass is 299 g/mol. The zero-order valence-electron chi connectivity index (χ0n) is 12.3. The number of nitrogens with one attached hydrogen (secondary N) is 1. The number of ether oxygens (including phenoxy) is 1. The van der Waals surface area contributed by atoms with Crippen LogP contribution >= 0.6 is 0 Å². The minimum atomic E-state index is -1.01. The lowest BCUT2D eigenvalue weighted by Gasteiger charge is -2.18. The fraction of sp³-hybridized carbons (Fsp3) is 0.467. The van der Waals surface area contributed by atoms with Crippen LogP contribution in [0.15, 0.2) is 18.2 Å². The van der Waals surface area contributed by atoms with Crippen LogP contribution in [0.25, 0.3) is 0 Å². The molecule has 1 amide bonds. The zero-order valence-corrected chi connectivity index (χ0v) is 12.3. The predicted octanol–water partition coefficient (Wildman–Crippen LogP) is 2.21. The standard InChI is InChI=1S/C15H19F2NO3/c1-9(2)6-13(15(20)21-3)18-14(19)8-10-4-5-11(16)12(17)7-10/h4-5,7,9,13H,6,8H2,1-3H3,(H,18,19). The van der Waals surface area contributed by atoms with E-state index in [1.54, 1.807) is 0 Å². The number of benzene rings is 1. The second kappa shape index (κ2) is 7.71. The van der Waals surface area contributed by atoms with Gasteiger partial charge in [0, 0.05) is 0 Å². The van der Waals surface area contributed by atoms with Crippen molar-refractivity contribution in [3.05, 3.63) is 35.4 Å². The van der Waals surface area contributed by atoms with Gasteiger partial charge in [0.1, 0.15) is 6.04 Å². The summed E-state index contributed by atoms with van der Waals surface area (Å²) in [4.78, 5) is 23.5. The summed E-state index contributed by atoms with van der Waals surface area (Å²) < 4.78 is 30.5. The molecule has 0 radical (unpaired) electrons. The molecule has 0 saturated heterocycles. The van der Waals surface area contributed by atoms with E-state index in [-0.39, 0.29) is 12.3 Å². The molecule has 0 fully saturated rings. The SMILES string of the molecule is COC(=O)C(CC(C)C)NC(=O)Cc1ccc(F)c(F)c1. The van der Waals surface area contributed by atoms with Crippen LogP contribution in [0.4, 0.5) is 8.78 Å². The number of amides is 1. The Kier molecular flexibility index (Phi) is 6.27. The molecule has 1 atom stereocenters. The maximum absolute atomic E-state index is 13.1. The van der Waals surface area contributed by atoms with Crippen LogP contribution in [-0.2, 0) is 20.7 Å². The number of esters is 1. The molecule has 0 saturated carbocycles. The first kappa shape index (κ1) is 17.1. The first-order chi connectivity index (χ1) is 9.83. The van der Waals surface area contributed by atoms with E-state index in [1.165, 1.54) is 13.2 Å². The molecular weight excluding hydrogens is 280 g/mol. The fourth-order valence-electron chi connectivity index (χ4n) is 1.91. The van der Waals surface area contributed by atoms with Gasteiger partial charge < -0.3 is 10.1 Å². The van der Waals surface area contributed by atoms with Gasteiger partial charge in [-0.25, -0.2) is 13.6 Å². The van der Waals surface area contributed by atoms with Crippen LogP contribution < -0.4 is 5.32 Å². The van der Waals surface area contributed by atoms with Gasteiger partial charge in [0.15, 0.2) is 11.6 Å². The summed E-state index contributed by atoms with van der Waals surface area (Å²) >= 11 is 0. The molecule has 0 spiro atoms. The molecule has 0 aliphatic rings. The van der Waals surface area contributed by atoms with Crippen molar-refractivity contribution in [2.24, 2.45) is 5.92 Å². The number of carbonyl (C=O) groups is 2. The van der Waals surface area contributed by atoms with Gasteiger partial charge in [-0.05, 0) is 30.0 Å². The number of carbonyl (C=O) groups excluding carboxylic acids is 2. The Hall–Kier alpha value is -1.98. The van der Waals surface area contributed by atoms with Gasteiger partial charge in [-0.1, -0.05) is 19.9 Å². The highest BCUT2D eigenvalue weighted by molar-refractivity contribution is 5.85. The first-order valence-corrected chi connectivity index (χ1v) is 6.64. The molecule has 0 aliphatic heterocycles. The van der Waals surface area contributed by atoms with E-state index >= 15 is 0 Å². The van der Waals surface area contributed by atoms with Gasteiger partial charge in [-0.3, -0.25) is 4.79 Å². The second-order valence-electron chi connectivity index (χ2n) is 5.20. The third-order valence-corrected chi connectivity index (χ3v) is 2.88. The van der Waals surface area contributed by atoms with E-state index in [4.69, 9.17) is 0 Å². The summed E-state index contributed by atoms with van der Waals surface area (Å²) in [5.74, 6) is -2.75. The van der Waals surface area contributed by atoms with Crippen molar-refractivity contribution in [3.8, 4) is 0 Å². The van der Waals surface area contributed by atoms with E-state index in [1.807, 2.05) is 13.8 Å². The molecule has 1 aromatic carbocycles. The van der Waals surface area contributed by atoms with Crippen molar-refractivity contribution in [2.75, 3.05) is 7.11 Å². The molecule has 0 heterocycles. The topological polar surface area (TPSA) is 55.4 Å². The molecule has 0 aliphatic carbocycles. The van der Waals surface area contributed by atoms with Crippen molar-refractivity contribution in [2.45, 2.75) is 32.7 Å². The van der Waals surface area contributed by atoms with Gasteiger partial charge in [-0.2, -0.15) is 0 Å². The van der Waals surface area contributed by atoms with E-state index < -0.39 is 29.6 Å². The summed E-state index contributed by atoms with van der Waals surface area (Å²) in [6.07, 6.45) is 0.305. The smallest absolute Gasteiger partial charge is 0.328 e. The zero-order chi connectivity index (χ0) is 16.0. The van der Waals surface area contributed by atoms with Crippen molar-refractivity contribution in [3.63, 3.8) is 0 Å². The largest absolute Gasteiger partial charge is 0.467 e. The quantitative estimate of drug-likeness (QED) is 0.819. The Morgan fingerprint density at radius 1 is 1.24 bits per heavy atom. The fourth-order valence-corrected chi connectivity index (χ4v) is 1.91. The normalized spacial score (nSPS) is 12.1. The molecule has 1 aromatic rings. The molecule has 116 valence electrons. The van der Waals surface area contributed by atoms with Gasteiger partial charge >= 0.3 is 5.97 Å². The Balaban J connectivity index is 2.68. The third kappa shape index (κ3) is 5.49. The molecule has 1 rings (SSSR count). The van der Waals surface area contributed by atoms with E-state index in [0.29, 0.717) is 12.0 Å². The van der Waals surface area contributed by atoms with Crippen LogP contribution in [0.3, 0.4) is 0 Å². The van der Waals surface area contributed by atoms with Gasteiger partial charge in [-0.15, -0.1) is 0 Å². The molecule has 0 aromatic heterocycles. The number of hydrogen-bond acceptors (Lipinski definition) is 3. The highest BCUT2D eigenvalue weighted by Crippen LogP contribution is 2.10. The van der Waals surface area contributed by atoms with Crippen molar-refractivity contribution < 1.29 is 23.1 Å². The van der Waals surface area contributed by atoms with Gasteiger partial charge in [0.25, 0.3) is 0 Å². The average molecular weight is 299 g/mol. The summed E-state index contributed by atoms with van der Waals surface area (Å²) in [5, 5.41) is 2.55. The molecule has 1 unspecified atom stereocenters. The Morgan fingerprint density at radius 2 is 1.90 bits per heavy atom. The number of hydrogen-bond donors (Lipinski definition) is 1. The summed E-state index contributed by atoms with van der Waals surface area (Å²) in [5.41, 5.74) is 0.333. The van der Waals surface area contributed by atoms with Crippen molar-refractivity contribution in [1.29, 1.82) is 0 Å². The Labute approximate surface area is 122 Å². The minimum absolute atomic E-state index is 0.136. The highest BCUT2D eigenvalue weighted by atomic mass is 19.2. The Morgan fingerprint density at radius 3 is 2.43 bits per heavy atom. The van der Waals surface area contributed by atoms with E-state index in [2.05, 4.69) is 10.1 Å². The number of halogens is 2. The molecule has 4 nitrogen and oxygen atoms in total. The summed E-state index contributed by atoms with van der Waals surface area (Å²) in [6, 6.07) is 2.51. The van der Waals surface area contributed by atoms with Crippen LogP contribution in [-0.4, -0.2) is 25.0 Å². The lowest BCUT2D eigenvalue weighted by Crippen LogP contribution is -2.43. The lowest BCUT2D eigenvalue weighted by molar-refractivity contribution is -0.145.